The molecule has 0 saturated carbocycles. The fourth-order valence-electron chi connectivity index (χ4n) is 2.74. The van der Waals surface area contributed by atoms with Gasteiger partial charge in [-0.25, -0.2) is 14.6 Å². The summed E-state index contributed by atoms with van der Waals surface area (Å²) in [6.07, 6.45) is 3.91. The first kappa shape index (κ1) is 20.7. The number of ether oxygens (including phenoxy) is 2. The third kappa shape index (κ3) is 5.43. The van der Waals surface area contributed by atoms with Crippen LogP contribution in [0.5, 0.6) is 0 Å². The van der Waals surface area contributed by atoms with Crippen LogP contribution in [0.4, 0.5) is 0 Å². The van der Waals surface area contributed by atoms with Crippen LogP contribution >= 0.6 is 0 Å². The number of carbonyl (C=O) groups is 2. The molecule has 0 aliphatic heterocycles. The standard InChI is InChI=1S/C19H28N4O4/c1-6-12-15(17(24)26-7-2)13(10-20-11-14-21-8-9-22-14)23-16(12)18(25)27-19(3,4)5/h8-9,20,23H,6-7,10-11H2,1-5H3,(H,21,22). The lowest BCUT2D eigenvalue weighted by molar-refractivity contribution is 0.00622. The van der Waals surface area contributed by atoms with Crippen molar-refractivity contribution in [2.24, 2.45) is 0 Å². The molecule has 0 spiro atoms. The van der Waals surface area contributed by atoms with Gasteiger partial charge < -0.3 is 24.8 Å². The smallest absolute Gasteiger partial charge is 0.355 e. The molecule has 0 aromatic carbocycles. The summed E-state index contributed by atoms with van der Waals surface area (Å²) < 4.78 is 10.7. The van der Waals surface area contributed by atoms with Crippen molar-refractivity contribution >= 4 is 11.9 Å². The van der Waals surface area contributed by atoms with Gasteiger partial charge in [-0.2, -0.15) is 0 Å². The molecular formula is C19H28N4O4. The minimum atomic E-state index is -0.630. The van der Waals surface area contributed by atoms with E-state index in [1.165, 1.54) is 0 Å². The second kappa shape index (κ2) is 8.85. The summed E-state index contributed by atoms with van der Waals surface area (Å²) in [5.74, 6) is -0.153. The van der Waals surface area contributed by atoms with Crippen molar-refractivity contribution in [3.63, 3.8) is 0 Å². The lowest BCUT2D eigenvalue weighted by atomic mass is 10.1. The molecule has 0 fully saturated rings. The Hall–Kier alpha value is -2.61. The Morgan fingerprint density at radius 1 is 1.19 bits per heavy atom. The third-order valence-corrected chi connectivity index (χ3v) is 3.77. The molecular weight excluding hydrogens is 348 g/mol. The summed E-state index contributed by atoms with van der Waals surface area (Å²) in [6, 6.07) is 0. The summed E-state index contributed by atoms with van der Waals surface area (Å²) in [5.41, 5.74) is 1.27. The molecule has 0 radical (unpaired) electrons. The van der Waals surface area contributed by atoms with Crippen molar-refractivity contribution in [2.45, 2.75) is 59.7 Å². The van der Waals surface area contributed by atoms with E-state index in [4.69, 9.17) is 9.47 Å². The van der Waals surface area contributed by atoms with Gasteiger partial charge in [-0.3, -0.25) is 0 Å². The zero-order valence-electron chi connectivity index (χ0n) is 16.6. The number of carbonyl (C=O) groups excluding carboxylic acids is 2. The topological polar surface area (TPSA) is 109 Å². The monoisotopic (exact) mass is 376 g/mol. The first-order valence-corrected chi connectivity index (χ1v) is 9.10. The normalized spacial score (nSPS) is 11.4. The van der Waals surface area contributed by atoms with Gasteiger partial charge >= 0.3 is 11.9 Å². The number of imidazole rings is 1. The third-order valence-electron chi connectivity index (χ3n) is 3.77. The van der Waals surface area contributed by atoms with Crippen molar-refractivity contribution < 1.29 is 19.1 Å². The quantitative estimate of drug-likeness (QED) is 0.611. The fraction of sp³-hybridized carbons (Fsp3) is 0.526. The molecule has 2 rings (SSSR count). The first-order chi connectivity index (χ1) is 12.8. The number of rotatable bonds is 8. The van der Waals surface area contributed by atoms with Crippen LogP contribution in [-0.2, 0) is 29.0 Å². The largest absolute Gasteiger partial charge is 0.462 e. The molecule has 2 aromatic heterocycles. The van der Waals surface area contributed by atoms with Gasteiger partial charge in [-0.05, 0) is 39.7 Å². The van der Waals surface area contributed by atoms with E-state index in [0.29, 0.717) is 42.0 Å². The molecule has 0 bridgehead atoms. The summed E-state index contributed by atoms with van der Waals surface area (Å²) in [4.78, 5) is 35.3. The highest BCUT2D eigenvalue weighted by Gasteiger charge is 2.29. The summed E-state index contributed by atoms with van der Waals surface area (Å²) in [6.45, 7) is 10.2. The number of aromatic nitrogens is 3. The summed E-state index contributed by atoms with van der Waals surface area (Å²) in [5, 5.41) is 3.21. The predicted molar refractivity (Wildman–Crippen MR) is 100 cm³/mol. The summed E-state index contributed by atoms with van der Waals surface area (Å²) >= 11 is 0. The van der Waals surface area contributed by atoms with Crippen molar-refractivity contribution in [2.75, 3.05) is 6.61 Å². The van der Waals surface area contributed by atoms with Crippen LogP contribution in [0.2, 0.25) is 0 Å². The SMILES string of the molecule is CCOC(=O)c1c(CNCc2ncc[nH]2)[nH]c(C(=O)OC(C)(C)C)c1CC. The Bertz CT molecular complexity index is 772. The van der Waals surface area contributed by atoms with Crippen molar-refractivity contribution in [1.82, 2.24) is 20.3 Å². The Labute approximate surface area is 159 Å². The summed E-state index contributed by atoms with van der Waals surface area (Å²) in [7, 11) is 0. The molecule has 0 amide bonds. The average Bonchev–Trinajstić information content (AvgIpc) is 3.20. The maximum Gasteiger partial charge on any atom is 0.355 e. The van der Waals surface area contributed by atoms with Crippen LogP contribution in [0.1, 0.15) is 72.5 Å². The van der Waals surface area contributed by atoms with Gasteiger partial charge in [0, 0.05) is 24.6 Å². The van der Waals surface area contributed by atoms with Gasteiger partial charge in [0.05, 0.1) is 18.7 Å². The van der Waals surface area contributed by atoms with E-state index in [1.807, 2.05) is 6.92 Å². The van der Waals surface area contributed by atoms with Crippen molar-refractivity contribution in [3.8, 4) is 0 Å². The lowest BCUT2D eigenvalue weighted by Gasteiger charge is -2.19. The predicted octanol–water partition coefficient (Wildman–Crippen LogP) is 2.72. The van der Waals surface area contributed by atoms with Crippen LogP contribution in [0, 0.1) is 0 Å². The van der Waals surface area contributed by atoms with Gasteiger partial charge in [0.25, 0.3) is 0 Å². The van der Waals surface area contributed by atoms with Gasteiger partial charge in [0.15, 0.2) is 0 Å². The second-order valence-corrected chi connectivity index (χ2v) is 7.05. The lowest BCUT2D eigenvalue weighted by Crippen LogP contribution is -2.24. The molecule has 2 aromatic rings. The number of hydrogen-bond acceptors (Lipinski definition) is 6. The fourth-order valence-corrected chi connectivity index (χ4v) is 2.74. The number of hydrogen-bond donors (Lipinski definition) is 3. The highest BCUT2D eigenvalue weighted by atomic mass is 16.6. The zero-order valence-corrected chi connectivity index (χ0v) is 16.6. The molecule has 2 heterocycles. The Morgan fingerprint density at radius 3 is 2.48 bits per heavy atom. The second-order valence-electron chi connectivity index (χ2n) is 7.05. The van der Waals surface area contributed by atoms with E-state index in [0.717, 1.165) is 5.82 Å². The van der Waals surface area contributed by atoms with E-state index in [1.54, 1.807) is 40.1 Å². The van der Waals surface area contributed by atoms with Crippen LogP contribution in [0.25, 0.3) is 0 Å². The van der Waals surface area contributed by atoms with E-state index in [-0.39, 0.29) is 6.61 Å². The Kier molecular flexibility index (Phi) is 6.79. The minimum Gasteiger partial charge on any atom is -0.462 e. The maximum atomic E-state index is 12.6. The number of aromatic amines is 2. The van der Waals surface area contributed by atoms with Gasteiger partial charge in [-0.1, -0.05) is 6.92 Å². The number of esters is 2. The van der Waals surface area contributed by atoms with Crippen molar-refractivity contribution in [3.05, 3.63) is 40.7 Å². The van der Waals surface area contributed by atoms with Crippen LogP contribution in [-0.4, -0.2) is 39.1 Å². The van der Waals surface area contributed by atoms with Crippen LogP contribution in [0.3, 0.4) is 0 Å². The molecule has 8 heteroatoms. The number of nitrogens with one attached hydrogen (secondary N) is 3. The Balaban J connectivity index is 2.31. The molecule has 148 valence electrons. The van der Waals surface area contributed by atoms with E-state index < -0.39 is 17.5 Å². The molecule has 0 unspecified atom stereocenters. The average molecular weight is 376 g/mol. The highest BCUT2D eigenvalue weighted by Crippen LogP contribution is 2.24. The molecule has 0 aliphatic rings. The molecule has 0 saturated heterocycles. The number of nitrogens with zero attached hydrogens (tertiary/aromatic N) is 1. The maximum absolute atomic E-state index is 12.6. The van der Waals surface area contributed by atoms with Crippen molar-refractivity contribution in [1.29, 1.82) is 0 Å². The highest BCUT2D eigenvalue weighted by molar-refractivity contribution is 5.98. The molecule has 0 atom stereocenters. The van der Waals surface area contributed by atoms with E-state index in [2.05, 4.69) is 20.3 Å². The van der Waals surface area contributed by atoms with Crippen LogP contribution in [0.15, 0.2) is 12.4 Å². The first-order valence-electron chi connectivity index (χ1n) is 9.10. The Morgan fingerprint density at radius 2 is 1.93 bits per heavy atom. The van der Waals surface area contributed by atoms with E-state index in [9.17, 15) is 9.59 Å². The van der Waals surface area contributed by atoms with E-state index >= 15 is 0 Å². The number of H-pyrrole nitrogens is 2. The minimum absolute atomic E-state index is 0.258. The molecule has 0 aliphatic carbocycles. The van der Waals surface area contributed by atoms with Gasteiger partial charge in [-0.15, -0.1) is 0 Å². The molecule has 3 N–H and O–H groups in total. The zero-order chi connectivity index (χ0) is 20.0. The van der Waals surface area contributed by atoms with Gasteiger partial charge in [0.1, 0.15) is 17.1 Å². The van der Waals surface area contributed by atoms with Crippen LogP contribution < -0.4 is 5.32 Å². The molecule has 8 nitrogen and oxygen atoms in total. The molecule has 27 heavy (non-hydrogen) atoms. The van der Waals surface area contributed by atoms with Gasteiger partial charge in [0.2, 0.25) is 0 Å².